The quantitative estimate of drug-likeness (QED) is 0.115. The largest absolute Gasteiger partial charge is 0.478 e. The summed E-state index contributed by atoms with van der Waals surface area (Å²) < 4.78 is 81.5. The first-order valence-electron chi connectivity index (χ1n) is 8.22. The van der Waals surface area contributed by atoms with Crippen LogP contribution in [0, 0.1) is 0 Å². The van der Waals surface area contributed by atoms with Gasteiger partial charge in [-0.05, 0) is 46.1 Å². The van der Waals surface area contributed by atoms with Crippen molar-refractivity contribution in [2.75, 3.05) is 0 Å². The van der Waals surface area contributed by atoms with E-state index in [4.69, 9.17) is 10.9 Å². The Bertz CT molecular complexity index is 1020. The Labute approximate surface area is 174 Å². The zero-order valence-electron chi connectivity index (χ0n) is 15.5. The highest BCUT2D eigenvalue weighted by atomic mass is 19.4. The molecule has 0 aliphatic rings. The number of rotatable bonds is 6. The van der Waals surface area contributed by atoms with Gasteiger partial charge in [0.1, 0.15) is 0 Å². The Morgan fingerprint density at radius 3 is 1.47 bits per heavy atom. The van der Waals surface area contributed by atoms with Crippen LogP contribution in [0.1, 0.15) is 31.8 Å². The van der Waals surface area contributed by atoms with E-state index >= 15 is 0 Å². The van der Waals surface area contributed by atoms with Crippen molar-refractivity contribution in [2.24, 2.45) is 16.3 Å². The zero-order chi connectivity index (χ0) is 24.1. The van der Waals surface area contributed by atoms with Gasteiger partial charge in [-0.2, -0.15) is 0 Å². The van der Waals surface area contributed by atoms with Gasteiger partial charge in [0, 0.05) is 5.56 Å². The van der Waals surface area contributed by atoms with Crippen molar-refractivity contribution < 1.29 is 41.6 Å². The molecular formula is C17H12F6N6O3. The SMILES string of the molecule is NNC(=O)c1ccc(C(C(=NF)N(F)F)(C(=NF)N(F)F)c2ccc(C(=O)O)cc2)cc1. The van der Waals surface area contributed by atoms with Crippen LogP contribution in [0.3, 0.4) is 0 Å². The molecule has 32 heavy (non-hydrogen) atoms. The van der Waals surface area contributed by atoms with Crippen molar-refractivity contribution in [3.8, 4) is 0 Å². The number of nitrogen functional groups attached to an aromatic ring is 1. The fourth-order valence-corrected chi connectivity index (χ4v) is 3.04. The lowest BCUT2D eigenvalue weighted by molar-refractivity contribution is -0.0898. The second-order valence-electron chi connectivity index (χ2n) is 5.97. The van der Waals surface area contributed by atoms with Gasteiger partial charge in [-0.15, -0.1) is 0 Å². The van der Waals surface area contributed by atoms with Crippen molar-refractivity contribution in [1.29, 1.82) is 0 Å². The zero-order valence-corrected chi connectivity index (χ0v) is 15.5. The lowest BCUT2D eigenvalue weighted by atomic mass is 9.72. The van der Waals surface area contributed by atoms with E-state index in [1.807, 2.05) is 10.4 Å². The third kappa shape index (κ3) is 4.18. The van der Waals surface area contributed by atoms with Crippen molar-refractivity contribution in [3.63, 3.8) is 0 Å². The number of benzene rings is 2. The minimum atomic E-state index is -3.23. The number of carboxylic acid groups (broad SMARTS) is 1. The van der Waals surface area contributed by atoms with Gasteiger partial charge in [-0.25, -0.2) is 10.6 Å². The van der Waals surface area contributed by atoms with Crippen LogP contribution < -0.4 is 11.3 Å². The molecule has 0 saturated heterocycles. The number of carbonyl (C=O) groups is 2. The number of hydrogen-bond donors (Lipinski definition) is 3. The molecule has 0 spiro atoms. The minimum absolute atomic E-state index is 0.154. The van der Waals surface area contributed by atoms with Gasteiger partial charge < -0.3 is 5.11 Å². The van der Waals surface area contributed by atoms with Gasteiger partial charge in [-0.3, -0.25) is 10.2 Å². The molecule has 4 N–H and O–H groups in total. The number of hydrogen-bond acceptors (Lipinski definition) is 5. The third-order valence-electron chi connectivity index (χ3n) is 4.43. The summed E-state index contributed by atoms with van der Waals surface area (Å²) in [6.45, 7) is 0. The molecule has 0 aliphatic heterocycles. The fourth-order valence-electron chi connectivity index (χ4n) is 3.04. The van der Waals surface area contributed by atoms with Gasteiger partial charge in [0.05, 0.1) is 5.56 Å². The third-order valence-corrected chi connectivity index (χ3v) is 4.43. The van der Waals surface area contributed by atoms with Crippen LogP contribution in [0.2, 0.25) is 0 Å². The van der Waals surface area contributed by atoms with Crippen LogP contribution in [-0.2, 0) is 5.41 Å². The summed E-state index contributed by atoms with van der Waals surface area (Å²) >= 11 is 0. The standard InChI is InChI=1S/C17H12F6N6O3/c18-25-15(28(20)21)17(16(26-19)29(22)23,12-7-3-10(4-8-12)14(31)32)11-5-1-9(2-6-11)13(30)27-24/h1-8H,24H2,(H,27,30)(H,31,32). The normalized spacial score (nSPS) is 13.8. The summed E-state index contributed by atoms with van der Waals surface area (Å²) in [5.41, 5.74) is -3.29. The number of nitrogens with two attached hydrogens (primary N) is 1. The average molecular weight is 462 g/mol. The number of halogens is 6. The van der Waals surface area contributed by atoms with Gasteiger partial charge in [-0.1, -0.05) is 61.6 Å². The molecule has 0 radical (unpaired) electrons. The summed E-state index contributed by atoms with van der Waals surface area (Å²) in [6.07, 6.45) is 0. The van der Waals surface area contributed by atoms with E-state index in [2.05, 4.69) is 0 Å². The Hall–Kier alpha value is -4.14. The van der Waals surface area contributed by atoms with Crippen LogP contribution in [0.15, 0.2) is 59.0 Å². The van der Waals surface area contributed by atoms with E-state index in [0.29, 0.717) is 0 Å². The molecule has 2 aromatic rings. The molecule has 0 heterocycles. The molecule has 170 valence electrons. The number of nitrogens with one attached hydrogen (secondary N) is 1. The lowest BCUT2D eigenvalue weighted by Gasteiger charge is -2.34. The van der Waals surface area contributed by atoms with Gasteiger partial charge >= 0.3 is 5.97 Å². The molecule has 0 fully saturated rings. The molecule has 1 amide bonds. The number of aromatic carboxylic acids is 1. The van der Waals surface area contributed by atoms with E-state index < -0.39 is 50.8 Å². The Morgan fingerprint density at radius 2 is 1.19 bits per heavy atom. The number of carboxylic acids is 1. The Balaban J connectivity index is 2.98. The van der Waals surface area contributed by atoms with Crippen LogP contribution in [0.5, 0.6) is 0 Å². The van der Waals surface area contributed by atoms with Crippen molar-refractivity contribution in [3.05, 3.63) is 70.8 Å². The topological polar surface area (TPSA) is 124 Å². The molecule has 2 rings (SSSR count). The molecule has 0 saturated carbocycles. The number of hydrazine groups is 1. The second kappa shape index (κ2) is 9.78. The molecule has 0 atom stereocenters. The van der Waals surface area contributed by atoms with Crippen molar-refractivity contribution >= 4 is 23.5 Å². The van der Waals surface area contributed by atoms with Crippen LogP contribution >= 0.6 is 0 Å². The summed E-state index contributed by atoms with van der Waals surface area (Å²) in [5, 5.41) is 8.80. The number of carbonyl (C=O) groups excluding carboxylic acids is 1. The predicted molar refractivity (Wildman–Crippen MR) is 97.5 cm³/mol. The summed E-state index contributed by atoms with van der Waals surface area (Å²) in [5.74, 6) is -1.38. The van der Waals surface area contributed by atoms with E-state index in [1.54, 1.807) is 5.43 Å². The monoisotopic (exact) mass is 462 g/mol. The van der Waals surface area contributed by atoms with Crippen LogP contribution in [0.25, 0.3) is 0 Å². The molecule has 2 aromatic carbocycles. The predicted octanol–water partition coefficient (Wildman–Crippen LogP) is 2.98. The Morgan fingerprint density at radius 1 is 0.812 bits per heavy atom. The first-order valence-corrected chi connectivity index (χ1v) is 8.22. The van der Waals surface area contributed by atoms with Crippen LogP contribution in [-0.4, -0.2) is 39.3 Å². The molecular weight excluding hydrogens is 450 g/mol. The highest BCUT2D eigenvalue weighted by Gasteiger charge is 2.53. The second-order valence-corrected chi connectivity index (χ2v) is 5.97. The minimum Gasteiger partial charge on any atom is -0.478 e. The van der Waals surface area contributed by atoms with E-state index in [0.717, 1.165) is 48.5 Å². The van der Waals surface area contributed by atoms with Crippen molar-refractivity contribution in [2.45, 2.75) is 5.41 Å². The van der Waals surface area contributed by atoms with Gasteiger partial charge in [0.15, 0.2) is 5.41 Å². The fraction of sp³-hybridized carbons (Fsp3) is 0.0588. The number of amides is 1. The highest BCUT2D eigenvalue weighted by molar-refractivity contribution is 6.17. The first kappa shape index (κ1) is 24.1. The first-order chi connectivity index (χ1) is 15.1. The maximum absolute atomic E-state index is 13.6. The molecule has 0 bridgehead atoms. The summed E-state index contributed by atoms with van der Waals surface area (Å²) in [6, 6.07) is 6.76. The molecule has 0 aliphatic carbocycles. The van der Waals surface area contributed by atoms with Crippen molar-refractivity contribution in [1.82, 2.24) is 16.1 Å². The molecule has 0 aromatic heterocycles. The highest BCUT2D eigenvalue weighted by Crippen LogP contribution is 2.39. The Kier molecular flexibility index (Phi) is 7.37. The van der Waals surface area contributed by atoms with Gasteiger partial charge in [0.2, 0.25) is 11.7 Å². The molecule has 9 nitrogen and oxygen atoms in total. The van der Waals surface area contributed by atoms with Gasteiger partial charge in [0.25, 0.3) is 5.91 Å². The van der Waals surface area contributed by atoms with E-state index in [9.17, 15) is 36.5 Å². The van der Waals surface area contributed by atoms with E-state index in [1.165, 1.54) is 0 Å². The molecule has 15 heteroatoms. The smallest absolute Gasteiger partial charge is 0.335 e. The number of nitrogens with zero attached hydrogens (tertiary/aromatic N) is 4. The summed E-state index contributed by atoms with van der Waals surface area (Å²) in [7, 11) is 0. The maximum atomic E-state index is 13.6. The number of amidine groups is 2. The lowest BCUT2D eigenvalue weighted by Crippen LogP contribution is -2.52. The van der Waals surface area contributed by atoms with E-state index in [-0.39, 0.29) is 11.1 Å². The average Bonchev–Trinajstić information content (AvgIpc) is 2.78. The molecule has 0 unspecified atom stereocenters. The van der Waals surface area contributed by atoms with Crippen LogP contribution in [0.4, 0.5) is 26.9 Å². The maximum Gasteiger partial charge on any atom is 0.335 e. The summed E-state index contributed by atoms with van der Waals surface area (Å²) in [4.78, 5) is 22.7.